The summed E-state index contributed by atoms with van der Waals surface area (Å²) >= 11 is 0. The van der Waals surface area contributed by atoms with Crippen LogP contribution in [0.25, 0.3) is 0 Å². The number of hydrogen-bond acceptors (Lipinski definition) is 11. The number of carboxylic acids is 1. The van der Waals surface area contributed by atoms with Gasteiger partial charge in [0.1, 0.15) is 29.9 Å². The summed E-state index contributed by atoms with van der Waals surface area (Å²) in [6, 6.07) is 0.0950. The van der Waals surface area contributed by atoms with E-state index in [-0.39, 0.29) is 69.3 Å². The van der Waals surface area contributed by atoms with Gasteiger partial charge in [-0.25, -0.2) is 4.79 Å². The van der Waals surface area contributed by atoms with Crippen molar-refractivity contribution in [3.8, 4) is 5.75 Å². The molecule has 0 heterocycles. The molecule has 0 bridgehead atoms. The first-order valence-electron chi connectivity index (χ1n) is 17.7. The first kappa shape index (κ1) is 45.8. The summed E-state index contributed by atoms with van der Waals surface area (Å²) in [5.41, 5.74) is 39.3. The minimum atomic E-state index is -1.33. The van der Waals surface area contributed by atoms with Gasteiger partial charge in [-0.3, -0.25) is 29.2 Å². The van der Waals surface area contributed by atoms with Crippen LogP contribution < -0.4 is 61.4 Å². The molecular weight excluding hydrogens is 690 g/mol. The third kappa shape index (κ3) is 19.8. The number of phenols is 1. The molecule has 20 N–H and O–H groups in total. The van der Waals surface area contributed by atoms with Gasteiger partial charge in [-0.05, 0) is 95.0 Å². The van der Waals surface area contributed by atoms with E-state index in [0.29, 0.717) is 50.8 Å². The average Bonchev–Trinajstić information content (AvgIpc) is 3.10. The number of unbranched alkanes of at least 4 members (excludes halogenated alkanes) is 2. The maximum absolute atomic E-state index is 13.9. The molecule has 1 aromatic carbocycles. The fourth-order valence-corrected chi connectivity index (χ4v) is 5.11. The molecule has 20 nitrogen and oxygen atoms in total. The number of benzene rings is 1. The van der Waals surface area contributed by atoms with Gasteiger partial charge in [0.25, 0.3) is 0 Å². The van der Waals surface area contributed by atoms with Crippen LogP contribution >= 0.6 is 0 Å². The predicted molar refractivity (Wildman–Crippen MR) is 201 cm³/mol. The molecule has 0 aliphatic carbocycles. The molecule has 5 atom stereocenters. The lowest BCUT2D eigenvalue weighted by molar-refractivity contribution is -0.142. The van der Waals surface area contributed by atoms with Crippen molar-refractivity contribution in [2.45, 2.75) is 101 Å². The molecule has 0 spiro atoms. The molecule has 298 valence electrons. The Balaban J connectivity index is 3.26. The fourth-order valence-electron chi connectivity index (χ4n) is 5.11. The topological polar surface area (TPSA) is 381 Å². The molecule has 0 aliphatic rings. The van der Waals surface area contributed by atoms with Gasteiger partial charge in [0.05, 0.1) is 6.04 Å². The highest BCUT2D eigenvalue weighted by Crippen LogP contribution is 2.13. The van der Waals surface area contributed by atoms with E-state index in [4.69, 9.17) is 40.1 Å². The number of rotatable bonds is 27. The molecule has 53 heavy (non-hydrogen) atoms. The monoisotopic (exact) mass is 749 g/mol. The summed E-state index contributed by atoms with van der Waals surface area (Å²) in [4.78, 5) is 73.8. The second-order valence-electron chi connectivity index (χ2n) is 12.5. The van der Waals surface area contributed by atoms with Crippen molar-refractivity contribution in [1.29, 1.82) is 0 Å². The van der Waals surface area contributed by atoms with Crippen LogP contribution in [0.1, 0.15) is 69.8 Å². The highest BCUT2D eigenvalue weighted by molar-refractivity contribution is 5.95. The number of aromatic hydroxyl groups is 1. The van der Waals surface area contributed by atoms with Crippen molar-refractivity contribution < 1.29 is 34.2 Å². The third-order valence-corrected chi connectivity index (χ3v) is 8.03. The summed E-state index contributed by atoms with van der Waals surface area (Å²) in [7, 11) is 0. The SMILES string of the molecule is NCCCCC(NC(=O)C(N)CCCN=C(N)N)C(=O)NC(CCCCN)C(=O)NC(Cc1ccc(O)cc1)C(=O)NC(CCCN=C(N)N)C(=O)O. The Hall–Kier alpha value is -5.21. The van der Waals surface area contributed by atoms with Crippen LogP contribution in [-0.2, 0) is 30.4 Å². The normalized spacial score (nSPS) is 13.6. The Morgan fingerprint density at radius 2 is 1.00 bits per heavy atom. The van der Waals surface area contributed by atoms with E-state index in [1.165, 1.54) is 12.1 Å². The lowest BCUT2D eigenvalue weighted by Crippen LogP contribution is -2.58. The molecule has 1 aromatic rings. The van der Waals surface area contributed by atoms with Crippen molar-refractivity contribution in [3.05, 3.63) is 29.8 Å². The van der Waals surface area contributed by atoms with E-state index in [2.05, 4.69) is 31.3 Å². The number of nitrogens with two attached hydrogens (primary N) is 7. The molecule has 4 amide bonds. The van der Waals surface area contributed by atoms with Crippen LogP contribution in [0.4, 0.5) is 0 Å². The van der Waals surface area contributed by atoms with E-state index in [1.807, 2.05) is 0 Å². The van der Waals surface area contributed by atoms with Gasteiger partial charge < -0.3 is 71.6 Å². The van der Waals surface area contributed by atoms with E-state index >= 15 is 0 Å². The molecule has 0 fully saturated rings. The molecule has 0 radical (unpaired) electrons. The maximum atomic E-state index is 13.9. The standard InChI is InChI=1S/C33H59N13O7/c34-15-3-1-8-23(43-27(48)22(36)7-5-17-41-32(37)38)28(49)44-24(9-2-4-16-35)29(50)46-26(19-20-11-13-21(47)14-12-20)30(51)45-25(31(52)53)10-6-18-42-33(39)40/h11-14,22-26,47H,1-10,15-19,34-36H2,(H,43,48)(H,44,49)(H,45,51)(H,46,50)(H,52,53)(H4,37,38,41)(H4,39,40,42). The Labute approximate surface area is 309 Å². The lowest BCUT2D eigenvalue weighted by atomic mass is 10.0. The molecule has 0 saturated heterocycles. The molecule has 0 saturated carbocycles. The van der Waals surface area contributed by atoms with Crippen molar-refractivity contribution >= 4 is 41.5 Å². The number of aliphatic imine (C=N–C) groups is 2. The highest BCUT2D eigenvalue weighted by Gasteiger charge is 2.32. The summed E-state index contributed by atoms with van der Waals surface area (Å²) in [5.74, 6) is -4.32. The van der Waals surface area contributed by atoms with Gasteiger partial charge in [0.15, 0.2) is 11.9 Å². The second-order valence-corrected chi connectivity index (χ2v) is 12.5. The Kier molecular flexibility index (Phi) is 22.2. The predicted octanol–water partition coefficient (Wildman–Crippen LogP) is -3.35. The van der Waals surface area contributed by atoms with Crippen LogP contribution in [0.5, 0.6) is 5.75 Å². The zero-order valence-corrected chi connectivity index (χ0v) is 30.2. The molecule has 20 heteroatoms. The smallest absolute Gasteiger partial charge is 0.326 e. The van der Waals surface area contributed by atoms with Crippen molar-refractivity contribution in [2.75, 3.05) is 26.2 Å². The summed E-state index contributed by atoms with van der Waals surface area (Å²) in [6.45, 7) is 1.09. The first-order chi connectivity index (χ1) is 25.2. The largest absolute Gasteiger partial charge is 0.508 e. The summed E-state index contributed by atoms with van der Waals surface area (Å²) < 4.78 is 0. The number of nitrogens with one attached hydrogen (secondary N) is 4. The number of carbonyl (C=O) groups excluding carboxylic acids is 4. The number of guanidine groups is 2. The number of hydrogen-bond donors (Lipinski definition) is 13. The summed E-state index contributed by atoms with van der Waals surface area (Å²) in [6.07, 6.45) is 3.19. The van der Waals surface area contributed by atoms with Crippen molar-refractivity contribution in [1.82, 2.24) is 21.3 Å². The Morgan fingerprint density at radius 1 is 0.585 bits per heavy atom. The van der Waals surface area contributed by atoms with Gasteiger partial charge in [0.2, 0.25) is 23.6 Å². The Morgan fingerprint density at radius 3 is 1.47 bits per heavy atom. The molecule has 0 aromatic heterocycles. The zero-order valence-electron chi connectivity index (χ0n) is 30.2. The van der Waals surface area contributed by atoms with Crippen LogP contribution in [0.2, 0.25) is 0 Å². The number of amides is 4. The molecule has 1 rings (SSSR count). The van der Waals surface area contributed by atoms with E-state index < -0.39 is 59.8 Å². The van der Waals surface area contributed by atoms with Gasteiger partial charge >= 0.3 is 5.97 Å². The van der Waals surface area contributed by atoms with Gasteiger partial charge in [-0.2, -0.15) is 0 Å². The minimum Gasteiger partial charge on any atom is -0.508 e. The zero-order chi connectivity index (χ0) is 39.8. The number of carbonyl (C=O) groups is 5. The van der Waals surface area contributed by atoms with E-state index in [1.54, 1.807) is 12.1 Å². The number of nitrogens with zero attached hydrogens (tertiary/aromatic N) is 2. The number of carboxylic acid groups (broad SMARTS) is 1. The maximum Gasteiger partial charge on any atom is 0.326 e. The van der Waals surface area contributed by atoms with E-state index in [0.717, 1.165) is 0 Å². The van der Waals surface area contributed by atoms with Gasteiger partial charge in [-0.1, -0.05) is 12.1 Å². The second kappa shape index (κ2) is 25.7. The van der Waals surface area contributed by atoms with Gasteiger partial charge in [-0.15, -0.1) is 0 Å². The quantitative estimate of drug-likeness (QED) is 0.0238. The van der Waals surface area contributed by atoms with Gasteiger partial charge in [0, 0.05) is 19.5 Å². The molecule has 0 aliphatic heterocycles. The van der Waals surface area contributed by atoms with Crippen molar-refractivity contribution in [2.24, 2.45) is 50.1 Å². The molecular formula is C33H59N13O7. The molecule has 5 unspecified atom stereocenters. The lowest BCUT2D eigenvalue weighted by Gasteiger charge is -2.27. The number of aliphatic carboxylic acids is 1. The Bertz CT molecular complexity index is 1350. The highest BCUT2D eigenvalue weighted by atomic mass is 16.4. The van der Waals surface area contributed by atoms with E-state index in [9.17, 15) is 34.2 Å². The summed E-state index contributed by atoms with van der Waals surface area (Å²) in [5, 5.41) is 30.1. The van der Waals surface area contributed by atoms with Crippen molar-refractivity contribution in [3.63, 3.8) is 0 Å². The number of phenolic OH excluding ortho intramolecular Hbond substituents is 1. The minimum absolute atomic E-state index is 0.00725. The average molecular weight is 750 g/mol. The van der Waals surface area contributed by atoms with Crippen LogP contribution in [-0.4, -0.2) is 108 Å². The fraction of sp³-hybridized carbons (Fsp3) is 0.606. The third-order valence-electron chi connectivity index (χ3n) is 8.03. The van der Waals surface area contributed by atoms with Crippen LogP contribution in [0.3, 0.4) is 0 Å². The van der Waals surface area contributed by atoms with Crippen LogP contribution in [0.15, 0.2) is 34.3 Å². The first-order valence-corrected chi connectivity index (χ1v) is 17.7. The van der Waals surface area contributed by atoms with Crippen LogP contribution in [0, 0.1) is 0 Å².